The lowest BCUT2D eigenvalue weighted by atomic mass is 9.50. The van der Waals surface area contributed by atoms with Gasteiger partial charge in [0.1, 0.15) is 12.2 Å². The molecule has 5 rings (SSSR count). The Bertz CT molecular complexity index is 567. The van der Waals surface area contributed by atoms with E-state index in [-0.39, 0.29) is 24.5 Å². The standard InChI is InChI=1S/C21H30O6/c1-2-18(22)27-21-10-14-7-15(11-21)9-16(8-14)17(21)12-24-13-19(23)26-20-5-3-4-6-25-20/h2,14-17,20H,1,3-13H2. The van der Waals surface area contributed by atoms with Crippen LogP contribution >= 0.6 is 0 Å². The van der Waals surface area contributed by atoms with Crippen LogP contribution in [-0.2, 0) is 28.5 Å². The molecule has 0 aromatic heterocycles. The fourth-order valence-electron chi connectivity index (χ4n) is 6.01. The maximum absolute atomic E-state index is 12.0. The third kappa shape index (κ3) is 4.06. The largest absolute Gasteiger partial charge is 0.456 e. The zero-order valence-corrected chi connectivity index (χ0v) is 15.9. The second-order valence-corrected chi connectivity index (χ2v) is 8.71. The maximum atomic E-state index is 12.0. The van der Waals surface area contributed by atoms with Gasteiger partial charge in [-0.15, -0.1) is 0 Å². The van der Waals surface area contributed by atoms with E-state index >= 15 is 0 Å². The molecular formula is C21H30O6. The number of hydrogen-bond acceptors (Lipinski definition) is 6. The van der Waals surface area contributed by atoms with Crippen LogP contribution in [0.25, 0.3) is 0 Å². The number of rotatable bonds is 7. The zero-order valence-electron chi connectivity index (χ0n) is 15.9. The SMILES string of the molecule is C=CC(=O)OC12CC3CC(CC(C3)C1COCC(=O)OC1CCCCO1)C2. The van der Waals surface area contributed by atoms with Crippen molar-refractivity contribution in [3.05, 3.63) is 12.7 Å². The van der Waals surface area contributed by atoms with Crippen molar-refractivity contribution in [2.45, 2.75) is 63.3 Å². The molecule has 0 amide bonds. The van der Waals surface area contributed by atoms with Crippen LogP contribution in [0, 0.1) is 23.7 Å². The second kappa shape index (κ2) is 7.92. The molecule has 6 heteroatoms. The summed E-state index contributed by atoms with van der Waals surface area (Å²) in [6.07, 6.45) is 9.03. The fourth-order valence-corrected chi connectivity index (χ4v) is 6.01. The lowest BCUT2D eigenvalue weighted by molar-refractivity contribution is -0.216. The molecule has 5 aliphatic rings. The number of carbonyl (C=O) groups excluding carboxylic acids is 2. The fraction of sp³-hybridized carbons (Fsp3) is 0.810. The summed E-state index contributed by atoms with van der Waals surface area (Å²) in [4.78, 5) is 24.0. The highest BCUT2D eigenvalue weighted by Gasteiger charge is 2.59. The molecule has 4 aliphatic carbocycles. The molecule has 0 aromatic carbocycles. The summed E-state index contributed by atoms with van der Waals surface area (Å²) in [5, 5.41) is 0. The van der Waals surface area contributed by atoms with Crippen LogP contribution in [0.15, 0.2) is 12.7 Å². The molecule has 4 saturated carbocycles. The van der Waals surface area contributed by atoms with Crippen LogP contribution in [-0.4, -0.2) is 43.7 Å². The van der Waals surface area contributed by atoms with E-state index in [4.69, 9.17) is 18.9 Å². The highest BCUT2D eigenvalue weighted by molar-refractivity contribution is 5.81. The van der Waals surface area contributed by atoms with Crippen molar-refractivity contribution in [2.24, 2.45) is 23.7 Å². The normalized spacial score (nSPS) is 39.8. The molecule has 27 heavy (non-hydrogen) atoms. The number of carbonyl (C=O) groups is 2. The highest BCUT2D eigenvalue weighted by Crippen LogP contribution is 2.60. The summed E-state index contributed by atoms with van der Waals surface area (Å²) in [6.45, 7) is 4.53. The van der Waals surface area contributed by atoms with Crippen LogP contribution in [0.4, 0.5) is 0 Å². The summed E-state index contributed by atoms with van der Waals surface area (Å²) in [5.41, 5.74) is -0.448. The lowest BCUT2D eigenvalue weighted by Crippen LogP contribution is -2.60. The predicted molar refractivity (Wildman–Crippen MR) is 96.6 cm³/mol. The Hall–Kier alpha value is -1.40. The van der Waals surface area contributed by atoms with Gasteiger partial charge in [0.25, 0.3) is 0 Å². The predicted octanol–water partition coefficient (Wildman–Crippen LogP) is 3.00. The molecule has 1 saturated heterocycles. The summed E-state index contributed by atoms with van der Waals surface area (Å²) >= 11 is 0. The molecule has 1 aliphatic heterocycles. The summed E-state index contributed by atoms with van der Waals surface area (Å²) < 4.78 is 22.4. The van der Waals surface area contributed by atoms with Crippen LogP contribution < -0.4 is 0 Å². The first-order chi connectivity index (χ1) is 13.1. The smallest absolute Gasteiger partial charge is 0.334 e. The van der Waals surface area contributed by atoms with Gasteiger partial charge >= 0.3 is 11.9 Å². The molecule has 0 spiro atoms. The number of ether oxygens (including phenoxy) is 4. The third-order valence-electron chi connectivity index (χ3n) is 6.84. The van der Waals surface area contributed by atoms with Gasteiger partial charge in [-0.25, -0.2) is 9.59 Å². The van der Waals surface area contributed by atoms with E-state index in [9.17, 15) is 9.59 Å². The topological polar surface area (TPSA) is 71.1 Å². The van der Waals surface area contributed by atoms with Crippen molar-refractivity contribution in [3.8, 4) is 0 Å². The van der Waals surface area contributed by atoms with E-state index in [1.807, 2.05) is 0 Å². The van der Waals surface area contributed by atoms with Gasteiger partial charge in [-0.3, -0.25) is 0 Å². The highest BCUT2D eigenvalue weighted by atomic mass is 16.7. The molecule has 4 bridgehead atoms. The lowest BCUT2D eigenvalue weighted by Gasteiger charge is -2.60. The molecule has 0 radical (unpaired) electrons. The molecule has 0 aromatic rings. The molecule has 5 fully saturated rings. The van der Waals surface area contributed by atoms with E-state index in [1.54, 1.807) is 0 Å². The Morgan fingerprint density at radius 2 is 1.93 bits per heavy atom. The van der Waals surface area contributed by atoms with E-state index < -0.39 is 11.9 Å². The van der Waals surface area contributed by atoms with Crippen molar-refractivity contribution < 1.29 is 28.5 Å². The Morgan fingerprint density at radius 3 is 2.59 bits per heavy atom. The minimum absolute atomic E-state index is 0.0819. The minimum Gasteiger partial charge on any atom is -0.456 e. The van der Waals surface area contributed by atoms with Gasteiger partial charge in [0.2, 0.25) is 6.29 Å². The van der Waals surface area contributed by atoms with Gasteiger partial charge in [0, 0.05) is 18.4 Å². The van der Waals surface area contributed by atoms with Crippen LogP contribution in [0.3, 0.4) is 0 Å². The van der Waals surface area contributed by atoms with E-state index in [0.717, 1.165) is 32.1 Å². The van der Waals surface area contributed by atoms with E-state index in [1.165, 1.54) is 25.3 Å². The molecule has 4 atom stereocenters. The Morgan fingerprint density at radius 1 is 1.15 bits per heavy atom. The second-order valence-electron chi connectivity index (χ2n) is 8.71. The molecular weight excluding hydrogens is 348 g/mol. The summed E-state index contributed by atoms with van der Waals surface area (Å²) in [6, 6.07) is 0. The van der Waals surface area contributed by atoms with Gasteiger partial charge in [0.15, 0.2) is 0 Å². The Labute approximate surface area is 160 Å². The van der Waals surface area contributed by atoms with Crippen LogP contribution in [0.1, 0.15) is 51.4 Å². The van der Waals surface area contributed by atoms with Crippen LogP contribution in [0.5, 0.6) is 0 Å². The van der Waals surface area contributed by atoms with Crippen molar-refractivity contribution in [1.82, 2.24) is 0 Å². The average molecular weight is 378 g/mol. The van der Waals surface area contributed by atoms with E-state index in [2.05, 4.69) is 6.58 Å². The first-order valence-corrected chi connectivity index (χ1v) is 10.3. The molecule has 4 unspecified atom stereocenters. The Balaban J connectivity index is 1.33. The van der Waals surface area contributed by atoms with Crippen molar-refractivity contribution in [1.29, 1.82) is 0 Å². The summed E-state index contributed by atoms with van der Waals surface area (Å²) in [5.74, 6) is 1.20. The van der Waals surface area contributed by atoms with Crippen LogP contribution in [0.2, 0.25) is 0 Å². The van der Waals surface area contributed by atoms with Crippen molar-refractivity contribution in [2.75, 3.05) is 19.8 Å². The quantitative estimate of drug-likeness (QED) is 0.501. The van der Waals surface area contributed by atoms with Gasteiger partial charge in [-0.05, 0) is 62.7 Å². The molecule has 0 N–H and O–H groups in total. The molecule has 1 heterocycles. The molecule has 6 nitrogen and oxygen atoms in total. The Kier molecular flexibility index (Phi) is 5.55. The monoisotopic (exact) mass is 378 g/mol. The zero-order chi connectivity index (χ0) is 18.9. The van der Waals surface area contributed by atoms with Gasteiger partial charge in [0.05, 0.1) is 13.2 Å². The molecule has 150 valence electrons. The van der Waals surface area contributed by atoms with Crippen molar-refractivity contribution >= 4 is 11.9 Å². The van der Waals surface area contributed by atoms with Gasteiger partial charge in [-0.2, -0.15) is 0 Å². The minimum atomic E-state index is -0.448. The van der Waals surface area contributed by atoms with E-state index in [0.29, 0.717) is 31.0 Å². The number of esters is 2. The van der Waals surface area contributed by atoms with Gasteiger partial charge in [-0.1, -0.05) is 6.58 Å². The number of hydrogen-bond donors (Lipinski definition) is 0. The van der Waals surface area contributed by atoms with Gasteiger partial charge < -0.3 is 18.9 Å². The summed E-state index contributed by atoms with van der Waals surface area (Å²) in [7, 11) is 0. The first-order valence-electron chi connectivity index (χ1n) is 10.3. The average Bonchev–Trinajstić information content (AvgIpc) is 2.64. The van der Waals surface area contributed by atoms with Crippen molar-refractivity contribution in [3.63, 3.8) is 0 Å². The maximum Gasteiger partial charge on any atom is 0.334 e. The first kappa shape index (κ1) is 18.9. The third-order valence-corrected chi connectivity index (χ3v) is 6.84.